The Balaban J connectivity index is 1.86. The molecule has 2 rings (SSSR count). The molecule has 21 heavy (non-hydrogen) atoms. The molecule has 1 saturated heterocycles. The van der Waals surface area contributed by atoms with Crippen molar-refractivity contribution in [2.45, 2.75) is 20.3 Å². The molecule has 2 atom stereocenters. The molecular weight excluding hydrogens is 271 g/mol. The van der Waals surface area contributed by atoms with Gasteiger partial charge in [-0.3, -0.25) is 9.59 Å². The Labute approximate surface area is 124 Å². The Kier molecular flexibility index (Phi) is 4.94. The van der Waals surface area contributed by atoms with Gasteiger partial charge in [-0.2, -0.15) is 0 Å². The van der Waals surface area contributed by atoms with Crippen molar-refractivity contribution in [1.29, 1.82) is 0 Å². The molecule has 1 fully saturated rings. The summed E-state index contributed by atoms with van der Waals surface area (Å²) in [7, 11) is 0. The van der Waals surface area contributed by atoms with E-state index in [2.05, 4.69) is 19.2 Å². The molecule has 0 aromatic heterocycles. The Morgan fingerprint density at radius 2 is 1.76 bits per heavy atom. The number of amides is 2. The van der Waals surface area contributed by atoms with Crippen molar-refractivity contribution in [2.24, 2.45) is 11.8 Å². The van der Waals surface area contributed by atoms with Crippen LogP contribution in [0.25, 0.3) is 0 Å². The van der Waals surface area contributed by atoms with E-state index >= 15 is 0 Å². The van der Waals surface area contributed by atoms with Gasteiger partial charge in [-0.1, -0.05) is 13.8 Å². The second-order valence-electron chi connectivity index (χ2n) is 5.93. The van der Waals surface area contributed by atoms with Gasteiger partial charge in [0, 0.05) is 18.7 Å². The summed E-state index contributed by atoms with van der Waals surface area (Å²) in [4.78, 5) is 25.8. The molecular formula is C16H21FN2O2. The lowest BCUT2D eigenvalue weighted by Crippen LogP contribution is -2.46. The number of nitrogens with zero attached hydrogens (tertiary/aromatic N) is 1. The second kappa shape index (κ2) is 6.70. The smallest absolute Gasteiger partial charge is 0.251 e. The molecule has 1 heterocycles. The SMILES string of the molecule is C[C@@H]1C[C@H](C)CN(C(=O)CNC(=O)c2ccc(F)cc2)C1. The number of nitrogens with one attached hydrogen (secondary N) is 1. The molecule has 1 aromatic rings. The van der Waals surface area contributed by atoms with Gasteiger partial charge in [0.1, 0.15) is 5.82 Å². The highest BCUT2D eigenvalue weighted by molar-refractivity contribution is 5.96. The first-order valence-electron chi connectivity index (χ1n) is 7.27. The number of hydrogen-bond donors (Lipinski definition) is 1. The minimum Gasteiger partial charge on any atom is -0.343 e. The van der Waals surface area contributed by atoms with Gasteiger partial charge in [0.15, 0.2) is 0 Å². The van der Waals surface area contributed by atoms with Gasteiger partial charge in [-0.25, -0.2) is 4.39 Å². The van der Waals surface area contributed by atoms with Crippen LogP contribution in [0.5, 0.6) is 0 Å². The molecule has 4 nitrogen and oxygen atoms in total. The molecule has 1 N–H and O–H groups in total. The zero-order valence-corrected chi connectivity index (χ0v) is 12.4. The summed E-state index contributed by atoms with van der Waals surface area (Å²) < 4.78 is 12.8. The number of hydrogen-bond acceptors (Lipinski definition) is 2. The van der Waals surface area contributed by atoms with E-state index in [9.17, 15) is 14.0 Å². The van der Waals surface area contributed by atoms with E-state index in [0.717, 1.165) is 19.5 Å². The van der Waals surface area contributed by atoms with Crippen molar-refractivity contribution in [1.82, 2.24) is 10.2 Å². The maximum Gasteiger partial charge on any atom is 0.251 e. The van der Waals surface area contributed by atoms with Gasteiger partial charge < -0.3 is 10.2 Å². The molecule has 0 aliphatic carbocycles. The standard InChI is InChI=1S/C16H21FN2O2/c1-11-7-12(2)10-19(9-11)15(20)8-18-16(21)13-3-5-14(17)6-4-13/h3-6,11-12H,7-10H2,1-2H3,(H,18,21)/t11-,12+. The van der Waals surface area contributed by atoms with Crippen molar-refractivity contribution in [2.75, 3.05) is 19.6 Å². The normalized spacial score (nSPS) is 22.0. The molecule has 5 heteroatoms. The number of piperidine rings is 1. The van der Waals surface area contributed by atoms with E-state index in [1.54, 1.807) is 0 Å². The summed E-state index contributed by atoms with van der Waals surface area (Å²) in [5.41, 5.74) is 0.351. The van der Waals surface area contributed by atoms with Gasteiger partial charge in [-0.05, 0) is 42.5 Å². The number of halogens is 1. The zero-order chi connectivity index (χ0) is 15.4. The van der Waals surface area contributed by atoms with E-state index in [0.29, 0.717) is 17.4 Å². The molecule has 1 aromatic carbocycles. The van der Waals surface area contributed by atoms with Crippen LogP contribution in [0.4, 0.5) is 4.39 Å². The predicted molar refractivity (Wildman–Crippen MR) is 78.3 cm³/mol. The molecule has 1 aliphatic heterocycles. The van der Waals surface area contributed by atoms with Crippen LogP contribution in [0, 0.1) is 17.7 Å². The van der Waals surface area contributed by atoms with Crippen LogP contribution in [0.2, 0.25) is 0 Å². The van der Waals surface area contributed by atoms with Crippen LogP contribution >= 0.6 is 0 Å². The molecule has 2 amide bonds. The highest BCUT2D eigenvalue weighted by Crippen LogP contribution is 2.20. The monoisotopic (exact) mass is 292 g/mol. The topological polar surface area (TPSA) is 49.4 Å². The quantitative estimate of drug-likeness (QED) is 0.927. The number of rotatable bonds is 3. The molecule has 0 unspecified atom stereocenters. The van der Waals surface area contributed by atoms with Gasteiger partial charge >= 0.3 is 0 Å². The molecule has 0 spiro atoms. The minimum absolute atomic E-state index is 0.0182. The highest BCUT2D eigenvalue weighted by atomic mass is 19.1. The average molecular weight is 292 g/mol. The third-order valence-electron chi connectivity index (χ3n) is 3.73. The summed E-state index contributed by atoms with van der Waals surface area (Å²) in [5, 5.41) is 2.59. The van der Waals surface area contributed by atoms with Crippen LogP contribution in [-0.2, 0) is 4.79 Å². The van der Waals surface area contributed by atoms with Crippen LogP contribution < -0.4 is 5.32 Å². The van der Waals surface area contributed by atoms with Gasteiger partial charge in [-0.15, -0.1) is 0 Å². The van der Waals surface area contributed by atoms with E-state index < -0.39 is 0 Å². The molecule has 114 valence electrons. The lowest BCUT2D eigenvalue weighted by Gasteiger charge is -2.35. The Morgan fingerprint density at radius 1 is 1.19 bits per heavy atom. The van der Waals surface area contributed by atoms with Crippen molar-refractivity contribution in [3.63, 3.8) is 0 Å². The summed E-state index contributed by atoms with van der Waals surface area (Å²) in [6.07, 6.45) is 1.13. The Bertz CT molecular complexity index is 506. The van der Waals surface area contributed by atoms with Gasteiger partial charge in [0.25, 0.3) is 5.91 Å². The first kappa shape index (κ1) is 15.5. The first-order chi connectivity index (χ1) is 9.95. The van der Waals surface area contributed by atoms with E-state index in [4.69, 9.17) is 0 Å². The summed E-state index contributed by atoms with van der Waals surface area (Å²) in [5.74, 6) is 0.167. The fourth-order valence-corrected chi connectivity index (χ4v) is 2.84. The number of likely N-dealkylation sites (tertiary alicyclic amines) is 1. The van der Waals surface area contributed by atoms with E-state index in [1.165, 1.54) is 24.3 Å². The lowest BCUT2D eigenvalue weighted by atomic mass is 9.92. The van der Waals surface area contributed by atoms with Crippen LogP contribution in [-0.4, -0.2) is 36.3 Å². The molecule has 0 radical (unpaired) electrons. The Hall–Kier alpha value is -1.91. The third kappa shape index (κ3) is 4.28. The predicted octanol–water partition coefficient (Wildman–Crippen LogP) is 2.06. The summed E-state index contributed by atoms with van der Waals surface area (Å²) >= 11 is 0. The first-order valence-corrected chi connectivity index (χ1v) is 7.27. The second-order valence-corrected chi connectivity index (χ2v) is 5.93. The maximum absolute atomic E-state index is 12.8. The fraction of sp³-hybridized carbons (Fsp3) is 0.500. The molecule has 1 aliphatic rings. The third-order valence-corrected chi connectivity index (χ3v) is 3.73. The minimum atomic E-state index is -0.390. The highest BCUT2D eigenvalue weighted by Gasteiger charge is 2.25. The van der Waals surface area contributed by atoms with Gasteiger partial charge in [0.2, 0.25) is 5.91 Å². The zero-order valence-electron chi connectivity index (χ0n) is 12.4. The van der Waals surface area contributed by atoms with E-state index in [-0.39, 0.29) is 24.2 Å². The van der Waals surface area contributed by atoms with Crippen LogP contribution in [0.1, 0.15) is 30.6 Å². The van der Waals surface area contributed by atoms with E-state index in [1.807, 2.05) is 4.90 Å². The largest absolute Gasteiger partial charge is 0.343 e. The molecule has 0 saturated carbocycles. The number of carbonyl (C=O) groups is 2. The van der Waals surface area contributed by atoms with Crippen molar-refractivity contribution < 1.29 is 14.0 Å². The van der Waals surface area contributed by atoms with Crippen molar-refractivity contribution in [3.8, 4) is 0 Å². The van der Waals surface area contributed by atoms with Crippen molar-refractivity contribution in [3.05, 3.63) is 35.6 Å². The van der Waals surface area contributed by atoms with Crippen molar-refractivity contribution >= 4 is 11.8 Å². The average Bonchev–Trinajstić information content (AvgIpc) is 2.44. The van der Waals surface area contributed by atoms with Crippen LogP contribution in [0.15, 0.2) is 24.3 Å². The Morgan fingerprint density at radius 3 is 2.33 bits per heavy atom. The van der Waals surface area contributed by atoms with Crippen LogP contribution in [0.3, 0.4) is 0 Å². The maximum atomic E-state index is 12.8. The lowest BCUT2D eigenvalue weighted by molar-refractivity contribution is -0.132. The number of benzene rings is 1. The summed E-state index contributed by atoms with van der Waals surface area (Å²) in [6.45, 7) is 5.74. The summed E-state index contributed by atoms with van der Waals surface area (Å²) in [6, 6.07) is 5.26. The van der Waals surface area contributed by atoms with Gasteiger partial charge in [0.05, 0.1) is 6.54 Å². The fourth-order valence-electron chi connectivity index (χ4n) is 2.84. The molecule has 0 bridgehead atoms. The number of carbonyl (C=O) groups excluding carboxylic acids is 2.